The van der Waals surface area contributed by atoms with Gasteiger partial charge in [-0.1, -0.05) is 71.4 Å². The average Bonchev–Trinajstić information content (AvgIpc) is 3.71. The molecule has 0 unspecified atom stereocenters. The largest absolute Gasteiger partial charge is 0.481 e. The molecule has 0 aromatic heterocycles. The molecule has 1 aliphatic carbocycles. The lowest BCUT2D eigenvalue weighted by atomic mass is 10.0. The van der Waals surface area contributed by atoms with Gasteiger partial charge in [0.2, 0.25) is 11.1 Å². The lowest BCUT2D eigenvalue weighted by Crippen LogP contribution is -2.37. The van der Waals surface area contributed by atoms with E-state index in [1.165, 1.54) is 10.6 Å². The van der Waals surface area contributed by atoms with Crippen molar-refractivity contribution in [3.8, 4) is 11.1 Å². The molecule has 0 heterocycles. The normalized spacial score (nSPS) is 13.3. The van der Waals surface area contributed by atoms with Gasteiger partial charge < -0.3 is 16.3 Å². The number of thioether (sulfide) groups is 1. The fourth-order valence-corrected chi connectivity index (χ4v) is 4.92. The Balaban J connectivity index is 1.35. The number of benzene rings is 3. The van der Waals surface area contributed by atoms with Gasteiger partial charge in [0.1, 0.15) is 0 Å². The molecule has 0 atom stereocenters. The van der Waals surface area contributed by atoms with Crippen molar-refractivity contribution in [1.82, 2.24) is 0 Å². The van der Waals surface area contributed by atoms with Crippen molar-refractivity contribution in [1.29, 1.82) is 0 Å². The first kappa shape index (κ1) is 26.8. The van der Waals surface area contributed by atoms with E-state index >= 15 is 0 Å². The number of carboxylic acid groups (broad SMARTS) is 1. The third-order valence-electron chi connectivity index (χ3n) is 5.81. The number of aliphatic carboxylic acids is 1. The number of carbonyl (C=O) groups is 2. The Hall–Kier alpha value is -3.24. The fourth-order valence-electron chi connectivity index (χ4n) is 3.76. The summed E-state index contributed by atoms with van der Waals surface area (Å²) in [7, 11) is 0. The smallest absolute Gasteiger partial charge is 0.307 e. The van der Waals surface area contributed by atoms with Crippen LogP contribution < -0.4 is 22.0 Å². The zero-order valence-electron chi connectivity index (χ0n) is 19.7. The van der Waals surface area contributed by atoms with Crippen molar-refractivity contribution in [2.75, 3.05) is 16.1 Å². The SMILES string of the molecule is N/N=C(/SCC(=O)Nc1ccc(-c2ccc(CC(=O)O)cc2)cc1Cl)N(N)c1ccc(C2CC2)cc1Cl. The predicted octanol–water partition coefficient (Wildman–Crippen LogP) is 5.45. The topological polar surface area (TPSA) is 134 Å². The van der Waals surface area contributed by atoms with Gasteiger partial charge in [0.05, 0.1) is 33.6 Å². The van der Waals surface area contributed by atoms with E-state index in [1.807, 2.05) is 36.4 Å². The third-order valence-corrected chi connectivity index (χ3v) is 7.40. The molecule has 0 bridgehead atoms. The van der Waals surface area contributed by atoms with Gasteiger partial charge in [-0.3, -0.25) is 14.6 Å². The van der Waals surface area contributed by atoms with Crippen LogP contribution in [0, 0.1) is 0 Å². The van der Waals surface area contributed by atoms with Crippen LogP contribution in [0.5, 0.6) is 0 Å². The molecule has 192 valence electrons. The van der Waals surface area contributed by atoms with Gasteiger partial charge in [0.25, 0.3) is 0 Å². The monoisotopic (exact) mass is 557 g/mol. The van der Waals surface area contributed by atoms with Crippen LogP contribution in [0.15, 0.2) is 65.8 Å². The first-order valence-electron chi connectivity index (χ1n) is 11.4. The van der Waals surface area contributed by atoms with E-state index in [-0.39, 0.29) is 23.2 Å². The van der Waals surface area contributed by atoms with E-state index in [0.29, 0.717) is 32.9 Å². The number of anilines is 2. The van der Waals surface area contributed by atoms with Gasteiger partial charge in [-0.2, -0.15) is 5.10 Å². The van der Waals surface area contributed by atoms with Crippen LogP contribution in [-0.4, -0.2) is 27.9 Å². The molecular formula is C26H25Cl2N5O3S. The maximum atomic E-state index is 12.6. The molecule has 1 amide bonds. The standard InChI is InChI=1S/C26H25Cl2N5O3S/c27-20-12-18(16-3-1-15(2-4-16)11-25(35)36)7-9-22(20)31-24(34)14-37-26(32-29)33(30)23-10-8-19(13-21(23)28)17-5-6-17/h1-4,7-10,12-13,17H,5-6,11,14,29-30H2,(H,31,34)(H,35,36)/b32-26+. The lowest BCUT2D eigenvalue weighted by Gasteiger charge is -2.21. The minimum absolute atomic E-state index is 0.00930. The Kier molecular flexibility index (Phi) is 8.60. The highest BCUT2D eigenvalue weighted by molar-refractivity contribution is 8.14. The van der Waals surface area contributed by atoms with Crippen molar-refractivity contribution in [3.05, 3.63) is 81.8 Å². The summed E-state index contributed by atoms with van der Waals surface area (Å²) in [5, 5.41) is 17.8. The molecule has 11 heteroatoms. The second-order valence-electron chi connectivity index (χ2n) is 8.57. The van der Waals surface area contributed by atoms with Crippen molar-refractivity contribution in [2.45, 2.75) is 25.2 Å². The number of hydrazone groups is 1. The quantitative estimate of drug-likeness (QED) is 0.125. The Labute approximate surface area is 228 Å². The molecule has 6 N–H and O–H groups in total. The lowest BCUT2D eigenvalue weighted by molar-refractivity contribution is -0.136. The summed E-state index contributed by atoms with van der Waals surface area (Å²) in [6, 6.07) is 18.2. The summed E-state index contributed by atoms with van der Waals surface area (Å²) in [6.07, 6.45) is 2.29. The molecule has 1 fully saturated rings. The number of hydrazine groups is 1. The van der Waals surface area contributed by atoms with E-state index in [2.05, 4.69) is 10.4 Å². The molecule has 1 aliphatic rings. The highest BCUT2D eigenvalue weighted by Crippen LogP contribution is 2.42. The van der Waals surface area contributed by atoms with Crippen LogP contribution in [0.1, 0.15) is 29.9 Å². The van der Waals surface area contributed by atoms with E-state index < -0.39 is 5.97 Å². The number of carbonyl (C=O) groups excluding carboxylic acids is 1. The molecule has 8 nitrogen and oxygen atoms in total. The second kappa shape index (κ2) is 11.9. The molecule has 3 aromatic rings. The molecule has 0 saturated heterocycles. The van der Waals surface area contributed by atoms with Crippen LogP contribution >= 0.6 is 35.0 Å². The summed E-state index contributed by atoms with van der Waals surface area (Å²) >= 11 is 13.9. The highest BCUT2D eigenvalue weighted by Gasteiger charge is 2.25. The number of hydrogen-bond donors (Lipinski definition) is 4. The first-order valence-corrected chi connectivity index (χ1v) is 13.1. The number of halogens is 2. The number of amidine groups is 1. The van der Waals surface area contributed by atoms with Gasteiger partial charge in [-0.25, -0.2) is 5.84 Å². The minimum Gasteiger partial charge on any atom is -0.481 e. The number of carboxylic acids is 1. The maximum Gasteiger partial charge on any atom is 0.307 e. The Bertz CT molecular complexity index is 1350. The molecule has 0 radical (unpaired) electrons. The molecule has 3 aromatic carbocycles. The van der Waals surface area contributed by atoms with Gasteiger partial charge in [0, 0.05) is 0 Å². The second-order valence-corrected chi connectivity index (χ2v) is 10.3. The molecule has 0 spiro atoms. The van der Waals surface area contributed by atoms with Crippen molar-refractivity contribution >= 4 is 63.4 Å². The fraction of sp³-hybridized carbons (Fsp3) is 0.192. The van der Waals surface area contributed by atoms with E-state index in [9.17, 15) is 9.59 Å². The van der Waals surface area contributed by atoms with Crippen LogP contribution in [-0.2, 0) is 16.0 Å². The Morgan fingerprint density at radius 1 is 1.03 bits per heavy atom. The van der Waals surface area contributed by atoms with Crippen LogP contribution in [0.2, 0.25) is 10.0 Å². The number of nitrogens with zero attached hydrogens (tertiary/aromatic N) is 2. The number of nitrogens with one attached hydrogen (secondary N) is 1. The summed E-state index contributed by atoms with van der Waals surface area (Å²) in [5.41, 5.74) is 4.59. The van der Waals surface area contributed by atoms with Gasteiger partial charge in [-0.15, -0.1) is 0 Å². The third kappa shape index (κ3) is 6.95. The summed E-state index contributed by atoms with van der Waals surface area (Å²) in [6.45, 7) is 0. The van der Waals surface area contributed by atoms with Gasteiger partial charge in [-0.05, 0) is 65.3 Å². The average molecular weight is 558 g/mol. The minimum atomic E-state index is -0.885. The van der Waals surface area contributed by atoms with E-state index in [1.54, 1.807) is 24.3 Å². The van der Waals surface area contributed by atoms with Crippen molar-refractivity contribution in [2.24, 2.45) is 16.8 Å². The molecule has 0 aliphatic heterocycles. The number of rotatable bonds is 8. The predicted molar refractivity (Wildman–Crippen MR) is 151 cm³/mol. The van der Waals surface area contributed by atoms with Crippen LogP contribution in [0.3, 0.4) is 0 Å². The molecule has 4 rings (SSSR count). The van der Waals surface area contributed by atoms with Crippen molar-refractivity contribution in [3.63, 3.8) is 0 Å². The molecule has 37 heavy (non-hydrogen) atoms. The summed E-state index contributed by atoms with van der Waals surface area (Å²) in [4.78, 5) is 23.5. The Morgan fingerprint density at radius 2 is 1.73 bits per heavy atom. The van der Waals surface area contributed by atoms with Gasteiger partial charge in [0.15, 0.2) is 0 Å². The van der Waals surface area contributed by atoms with E-state index in [4.69, 9.17) is 40.0 Å². The molecule has 1 saturated carbocycles. The van der Waals surface area contributed by atoms with Crippen LogP contribution in [0.25, 0.3) is 11.1 Å². The van der Waals surface area contributed by atoms with Gasteiger partial charge >= 0.3 is 5.97 Å². The summed E-state index contributed by atoms with van der Waals surface area (Å²) in [5.74, 6) is 11.1. The highest BCUT2D eigenvalue weighted by atomic mass is 35.5. The number of nitrogens with two attached hydrogens (primary N) is 2. The zero-order chi connectivity index (χ0) is 26.5. The summed E-state index contributed by atoms with van der Waals surface area (Å²) < 4.78 is 0. The van der Waals surface area contributed by atoms with E-state index in [0.717, 1.165) is 35.7 Å². The molecular weight excluding hydrogens is 533 g/mol. The maximum absolute atomic E-state index is 12.6. The number of hydrogen-bond acceptors (Lipinski definition) is 6. The van der Waals surface area contributed by atoms with Crippen LogP contribution in [0.4, 0.5) is 11.4 Å². The Morgan fingerprint density at radius 3 is 2.32 bits per heavy atom. The number of amides is 1. The zero-order valence-corrected chi connectivity index (χ0v) is 22.0. The van der Waals surface area contributed by atoms with Crippen molar-refractivity contribution < 1.29 is 14.7 Å². The first-order chi connectivity index (χ1) is 17.7.